The number of hydrogen-bond donors (Lipinski definition) is 2. The normalized spacial score (nSPS) is 16.6. The standard InChI is InChI=1S/C21H29N7OS/c1-22-21(23-9-4-8-20-26-25-19-7-2-3-10-28(19)20)24-16-17(18-6-5-15-30-18)27-11-13-29-14-12-27/h2-3,5-7,10,15,17H,4,8-9,11-14,16H2,1H3,(H2,22,23,24). The monoisotopic (exact) mass is 427 g/mol. The number of aliphatic imine (C=N–C) groups is 1. The smallest absolute Gasteiger partial charge is 0.191 e. The van der Waals surface area contributed by atoms with Gasteiger partial charge in [-0.2, -0.15) is 0 Å². The van der Waals surface area contributed by atoms with Crippen LogP contribution < -0.4 is 10.6 Å². The van der Waals surface area contributed by atoms with E-state index in [0.29, 0.717) is 6.04 Å². The van der Waals surface area contributed by atoms with Crippen molar-refractivity contribution in [2.24, 2.45) is 4.99 Å². The largest absolute Gasteiger partial charge is 0.379 e. The highest BCUT2D eigenvalue weighted by Crippen LogP contribution is 2.25. The maximum atomic E-state index is 5.53. The van der Waals surface area contributed by atoms with Crippen molar-refractivity contribution in [1.29, 1.82) is 0 Å². The molecule has 160 valence electrons. The van der Waals surface area contributed by atoms with Crippen molar-refractivity contribution < 1.29 is 4.74 Å². The number of hydrogen-bond acceptors (Lipinski definition) is 6. The van der Waals surface area contributed by atoms with Gasteiger partial charge >= 0.3 is 0 Å². The molecule has 3 aromatic rings. The van der Waals surface area contributed by atoms with Crippen molar-refractivity contribution in [3.8, 4) is 0 Å². The molecule has 0 bridgehead atoms. The molecule has 1 aliphatic heterocycles. The van der Waals surface area contributed by atoms with E-state index in [1.165, 1.54) is 4.88 Å². The van der Waals surface area contributed by atoms with Crippen LogP contribution in [0.25, 0.3) is 5.65 Å². The number of guanidine groups is 1. The van der Waals surface area contributed by atoms with E-state index >= 15 is 0 Å². The van der Waals surface area contributed by atoms with Crippen LogP contribution in [0.2, 0.25) is 0 Å². The molecule has 30 heavy (non-hydrogen) atoms. The Balaban J connectivity index is 1.26. The number of pyridine rings is 1. The highest BCUT2D eigenvalue weighted by atomic mass is 32.1. The van der Waals surface area contributed by atoms with Gasteiger partial charge in [-0.05, 0) is 30.0 Å². The first-order valence-corrected chi connectivity index (χ1v) is 11.3. The van der Waals surface area contributed by atoms with Gasteiger partial charge in [0.1, 0.15) is 5.82 Å². The third-order valence-electron chi connectivity index (χ3n) is 5.30. The highest BCUT2D eigenvalue weighted by Gasteiger charge is 2.23. The van der Waals surface area contributed by atoms with E-state index in [2.05, 4.69) is 48.2 Å². The fraction of sp³-hybridized carbons (Fsp3) is 0.476. The number of fused-ring (bicyclic) bond motifs is 1. The molecule has 8 nitrogen and oxygen atoms in total. The zero-order chi connectivity index (χ0) is 20.6. The molecule has 0 radical (unpaired) electrons. The Morgan fingerprint density at radius 2 is 2.10 bits per heavy atom. The molecule has 1 atom stereocenters. The van der Waals surface area contributed by atoms with Crippen LogP contribution in [0.3, 0.4) is 0 Å². The molecule has 2 N–H and O–H groups in total. The number of aryl methyl sites for hydroxylation is 1. The van der Waals surface area contributed by atoms with E-state index in [-0.39, 0.29) is 0 Å². The molecule has 1 fully saturated rings. The number of aromatic nitrogens is 3. The van der Waals surface area contributed by atoms with Crippen molar-refractivity contribution >= 4 is 22.9 Å². The number of thiophene rings is 1. The fourth-order valence-corrected chi connectivity index (χ4v) is 4.57. The van der Waals surface area contributed by atoms with E-state index in [1.54, 1.807) is 11.3 Å². The predicted octanol–water partition coefficient (Wildman–Crippen LogP) is 1.96. The zero-order valence-corrected chi connectivity index (χ0v) is 18.1. The summed E-state index contributed by atoms with van der Waals surface area (Å²) in [5.74, 6) is 1.82. The summed E-state index contributed by atoms with van der Waals surface area (Å²) >= 11 is 1.81. The second-order valence-electron chi connectivity index (χ2n) is 7.21. The topological polar surface area (TPSA) is 79.1 Å². The Kier molecular flexibility index (Phi) is 7.28. The van der Waals surface area contributed by atoms with Gasteiger partial charge in [0.15, 0.2) is 11.6 Å². The summed E-state index contributed by atoms with van der Waals surface area (Å²) in [6.45, 7) is 5.15. The third kappa shape index (κ3) is 5.16. The van der Waals surface area contributed by atoms with Crippen LogP contribution >= 0.6 is 11.3 Å². The van der Waals surface area contributed by atoms with Gasteiger partial charge in [0.05, 0.1) is 19.3 Å². The summed E-state index contributed by atoms with van der Waals surface area (Å²) < 4.78 is 7.57. The van der Waals surface area contributed by atoms with Crippen LogP contribution in [-0.2, 0) is 11.2 Å². The SMILES string of the molecule is CN=C(NCCCc1nnc2ccccn12)NCC(c1cccs1)N1CCOCC1. The molecule has 0 aromatic carbocycles. The molecule has 9 heteroatoms. The van der Waals surface area contributed by atoms with Gasteiger partial charge < -0.3 is 15.4 Å². The lowest BCUT2D eigenvalue weighted by molar-refractivity contribution is 0.0177. The lowest BCUT2D eigenvalue weighted by atomic mass is 10.2. The second-order valence-corrected chi connectivity index (χ2v) is 8.19. The molecule has 1 unspecified atom stereocenters. The number of morpholine rings is 1. The summed E-state index contributed by atoms with van der Waals surface area (Å²) in [6, 6.07) is 10.6. The first kappa shape index (κ1) is 20.8. The van der Waals surface area contributed by atoms with E-state index in [0.717, 1.165) is 69.7 Å². The minimum absolute atomic E-state index is 0.329. The molecule has 0 spiro atoms. The Morgan fingerprint density at radius 3 is 2.90 bits per heavy atom. The van der Waals surface area contributed by atoms with E-state index in [4.69, 9.17) is 4.74 Å². The summed E-state index contributed by atoms with van der Waals surface area (Å²) in [6.07, 6.45) is 3.82. The Labute approximate surface area is 181 Å². The Morgan fingerprint density at radius 1 is 1.20 bits per heavy atom. The molecule has 4 rings (SSSR count). The molecule has 4 heterocycles. The van der Waals surface area contributed by atoms with Gasteiger partial charge in [0.25, 0.3) is 0 Å². The second kappa shape index (κ2) is 10.5. The predicted molar refractivity (Wildman–Crippen MR) is 120 cm³/mol. The van der Waals surface area contributed by atoms with E-state index in [1.807, 2.05) is 35.8 Å². The molecule has 0 amide bonds. The van der Waals surface area contributed by atoms with Gasteiger partial charge in [0, 0.05) is 50.7 Å². The number of ether oxygens (including phenoxy) is 1. The molecule has 1 aliphatic rings. The van der Waals surface area contributed by atoms with Gasteiger partial charge in [-0.3, -0.25) is 14.3 Å². The van der Waals surface area contributed by atoms with Gasteiger partial charge in [0.2, 0.25) is 0 Å². The number of rotatable bonds is 8. The van der Waals surface area contributed by atoms with Crippen LogP contribution in [-0.4, -0.2) is 71.9 Å². The van der Waals surface area contributed by atoms with Crippen LogP contribution in [0.15, 0.2) is 46.9 Å². The summed E-state index contributed by atoms with van der Waals surface area (Å²) in [5.41, 5.74) is 0.890. The first-order chi connectivity index (χ1) is 14.8. The average molecular weight is 428 g/mol. The van der Waals surface area contributed by atoms with Crippen molar-refractivity contribution in [1.82, 2.24) is 30.1 Å². The highest BCUT2D eigenvalue weighted by molar-refractivity contribution is 7.10. The summed E-state index contributed by atoms with van der Waals surface area (Å²) in [4.78, 5) is 8.26. The lowest BCUT2D eigenvalue weighted by Crippen LogP contribution is -2.46. The maximum absolute atomic E-state index is 5.53. The van der Waals surface area contributed by atoms with E-state index in [9.17, 15) is 0 Å². The van der Waals surface area contributed by atoms with Crippen molar-refractivity contribution in [3.63, 3.8) is 0 Å². The summed E-state index contributed by atoms with van der Waals surface area (Å²) in [5, 5.41) is 17.6. The van der Waals surface area contributed by atoms with Crippen molar-refractivity contribution in [2.45, 2.75) is 18.9 Å². The molecule has 1 saturated heterocycles. The van der Waals surface area contributed by atoms with E-state index < -0.39 is 0 Å². The van der Waals surface area contributed by atoms with Crippen LogP contribution in [0, 0.1) is 0 Å². The van der Waals surface area contributed by atoms with Crippen LogP contribution in [0.4, 0.5) is 0 Å². The minimum atomic E-state index is 0.329. The lowest BCUT2D eigenvalue weighted by Gasteiger charge is -2.34. The van der Waals surface area contributed by atoms with Gasteiger partial charge in [-0.15, -0.1) is 21.5 Å². The quantitative estimate of drug-likeness (QED) is 0.325. The van der Waals surface area contributed by atoms with Gasteiger partial charge in [-0.1, -0.05) is 12.1 Å². The van der Waals surface area contributed by atoms with Crippen molar-refractivity contribution in [2.75, 3.05) is 46.4 Å². The number of nitrogens with zero attached hydrogens (tertiary/aromatic N) is 5. The first-order valence-electron chi connectivity index (χ1n) is 10.4. The molecular formula is C21H29N7OS. The molecular weight excluding hydrogens is 398 g/mol. The average Bonchev–Trinajstić information content (AvgIpc) is 3.47. The van der Waals surface area contributed by atoms with Crippen LogP contribution in [0.5, 0.6) is 0 Å². The molecule has 0 aliphatic carbocycles. The Hall–Kier alpha value is -2.49. The summed E-state index contributed by atoms with van der Waals surface area (Å²) in [7, 11) is 1.82. The zero-order valence-electron chi connectivity index (χ0n) is 17.3. The minimum Gasteiger partial charge on any atom is -0.379 e. The third-order valence-corrected chi connectivity index (χ3v) is 6.27. The molecule has 3 aromatic heterocycles. The molecule has 0 saturated carbocycles. The Bertz CT molecular complexity index is 934. The van der Waals surface area contributed by atoms with Crippen molar-refractivity contribution in [3.05, 3.63) is 52.6 Å². The fourth-order valence-electron chi connectivity index (χ4n) is 3.71. The van der Waals surface area contributed by atoms with Gasteiger partial charge in [-0.25, -0.2) is 0 Å². The van der Waals surface area contributed by atoms with Crippen LogP contribution in [0.1, 0.15) is 23.2 Å². The maximum Gasteiger partial charge on any atom is 0.191 e. The number of nitrogens with one attached hydrogen (secondary N) is 2.